The molecule has 4 heteroatoms. The molecule has 2 N–H and O–H groups in total. The van der Waals surface area contributed by atoms with Gasteiger partial charge in [0.15, 0.2) is 0 Å². The first kappa shape index (κ1) is 11.7. The Morgan fingerprint density at radius 3 is 1.53 bits per heavy atom. The molecule has 1 saturated heterocycles. The zero-order valence-electron chi connectivity index (χ0n) is 10.5. The summed E-state index contributed by atoms with van der Waals surface area (Å²) in [7, 11) is 0. The number of hydrogen-bond donors (Lipinski definition) is 2. The second kappa shape index (κ2) is 4.72. The van der Waals surface area contributed by atoms with Crippen molar-refractivity contribution in [2.45, 2.75) is 0 Å². The van der Waals surface area contributed by atoms with E-state index in [1.165, 1.54) is 0 Å². The molecule has 1 heterocycles. The van der Waals surface area contributed by atoms with Crippen molar-refractivity contribution in [1.29, 1.82) is 0 Å². The van der Waals surface area contributed by atoms with Gasteiger partial charge in [-0.25, -0.2) is 0 Å². The van der Waals surface area contributed by atoms with Gasteiger partial charge in [-0.2, -0.15) is 0 Å². The summed E-state index contributed by atoms with van der Waals surface area (Å²) < 4.78 is 0. The van der Waals surface area contributed by atoms with Crippen LogP contribution in [0.5, 0.6) is 11.5 Å². The molecule has 0 aromatic heterocycles. The molecule has 2 aromatic carbocycles. The molecule has 1 aliphatic heterocycles. The lowest BCUT2D eigenvalue weighted by Crippen LogP contribution is -2.24. The van der Waals surface area contributed by atoms with Crippen LogP contribution in [0.3, 0.4) is 0 Å². The first-order chi connectivity index (χ1) is 9.25. The summed E-state index contributed by atoms with van der Waals surface area (Å²) >= 11 is 0. The molecule has 0 bridgehead atoms. The average molecular weight is 256 g/mol. The Bertz CT molecular complexity index is 534. The second-order valence-electron chi connectivity index (χ2n) is 4.65. The van der Waals surface area contributed by atoms with E-state index in [0.717, 1.165) is 24.5 Å². The van der Waals surface area contributed by atoms with E-state index >= 15 is 0 Å². The molecule has 0 saturated carbocycles. The number of benzene rings is 2. The van der Waals surface area contributed by atoms with Crippen molar-refractivity contribution >= 4 is 11.4 Å². The first-order valence-electron chi connectivity index (χ1n) is 6.31. The minimum absolute atomic E-state index is 0.293. The predicted molar refractivity (Wildman–Crippen MR) is 75.8 cm³/mol. The number of hydrogen-bond acceptors (Lipinski definition) is 4. The smallest absolute Gasteiger partial charge is 0.138 e. The monoisotopic (exact) mass is 256 g/mol. The van der Waals surface area contributed by atoms with Gasteiger partial charge in [-0.1, -0.05) is 24.3 Å². The van der Waals surface area contributed by atoms with Gasteiger partial charge in [-0.05, 0) is 24.3 Å². The highest BCUT2D eigenvalue weighted by Gasteiger charge is 2.23. The fraction of sp³-hybridized carbons (Fsp3) is 0.200. The minimum atomic E-state index is 0.293. The number of anilines is 2. The van der Waals surface area contributed by atoms with Gasteiger partial charge in [0.25, 0.3) is 0 Å². The molecule has 0 radical (unpaired) electrons. The number of nitrogens with zero attached hydrogens (tertiary/aromatic N) is 2. The summed E-state index contributed by atoms with van der Waals surface area (Å²) in [5, 5.41) is 19.7. The molecule has 4 nitrogen and oxygen atoms in total. The van der Waals surface area contributed by atoms with Crippen LogP contribution in [0.2, 0.25) is 0 Å². The van der Waals surface area contributed by atoms with E-state index < -0.39 is 0 Å². The van der Waals surface area contributed by atoms with Gasteiger partial charge < -0.3 is 20.0 Å². The number of aromatic hydroxyl groups is 2. The summed E-state index contributed by atoms with van der Waals surface area (Å²) in [4.78, 5) is 4.20. The van der Waals surface area contributed by atoms with Crippen LogP contribution >= 0.6 is 0 Å². The van der Waals surface area contributed by atoms with Crippen molar-refractivity contribution in [1.82, 2.24) is 0 Å². The third kappa shape index (κ3) is 2.17. The van der Waals surface area contributed by atoms with E-state index in [4.69, 9.17) is 0 Å². The van der Waals surface area contributed by atoms with Crippen LogP contribution in [0.1, 0.15) is 0 Å². The Morgan fingerprint density at radius 2 is 1.11 bits per heavy atom. The number of para-hydroxylation sites is 4. The molecule has 0 spiro atoms. The van der Waals surface area contributed by atoms with Crippen LogP contribution < -0.4 is 9.80 Å². The van der Waals surface area contributed by atoms with Gasteiger partial charge in [-0.3, -0.25) is 0 Å². The van der Waals surface area contributed by atoms with Crippen molar-refractivity contribution < 1.29 is 10.2 Å². The highest BCUT2D eigenvalue weighted by Crippen LogP contribution is 2.32. The zero-order chi connectivity index (χ0) is 13.2. The first-order valence-corrected chi connectivity index (χ1v) is 6.31. The molecular weight excluding hydrogens is 240 g/mol. The lowest BCUT2D eigenvalue weighted by atomic mass is 10.2. The van der Waals surface area contributed by atoms with E-state index in [-0.39, 0.29) is 0 Å². The van der Waals surface area contributed by atoms with Crippen molar-refractivity contribution in [3.63, 3.8) is 0 Å². The summed E-state index contributed by atoms with van der Waals surface area (Å²) in [6.45, 7) is 2.31. The molecule has 0 unspecified atom stereocenters. The molecule has 0 aliphatic carbocycles. The van der Waals surface area contributed by atoms with Crippen molar-refractivity contribution in [2.75, 3.05) is 29.6 Å². The van der Waals surface area contributed by atoms with Gasteiger partial charge in [0, 0.05) is 13.1 Å². The normalized spacial score (nSPS) is 14.9. The maximum atomic E-state index is 9.87. The van der Waals surface area contributed by atoms with Gasteiger partial charge >= 0.3 is 0 Å². The third-order valence-corrected chi connectivity index (χ3v) is 3.43. The number of rotatable bonds is 2. The highest BCUT2D eigenvalue weighted by molar-refractivity contribution is 5.64. The minimum Gasteiger partial charge on any atom is -0.506 e. The largest absolute Gasteiger partial charge is 0.506 e. The SMILES string of the molecule is Oc1ccccc1N1CCN(c2ccccc2O)C1. The van der Waals surface area contributed by atoms with Crippen LogP contribution in [0.25, 0.3) is 0 Å². The Morgan fingerprint density at radius 1 is 0.684 bits per heavy atom. The summed E-state index contributed by atoms with van der Waals surface area (Å²) in [6.07, 6.45) is 0. The van der Waals surface area contributed by atoms with Gasteiger partial charge in [0.05, 0.1) is 18.0 Å². The molecule has 3 rings (SSSR count). The van der Waals surface area contributed by atoms with Crippen LogP contribution in [0.15, 0.2) is 48.5 Å². The van der Waals surface area contributed by atoms with Gasteiger partial charge in [0.2, 0.25) is 0 Å². The Kier molecular flexibility index (Phi) is 2.91. The van der Waals surface area contributed by atoms with E-state index in [1.54, 1.807) is 12.1 Å². The summed E-state index contributed by atoms with van der Waals surface area (Å²) in [5.41, 5.74) is 1.67. The number of phenolic OH excluding ortho intramolecular Hbond substituents is 2. The molecule has 19 heavy (non-hydrogen) atoms. The van der Waals surface area contributed by atoms with Crippen LogP contribution in [-0.4, -0.2) is 30.0 Å². The Balaban J connectivity index is 1.82. The molecule has 0 amide bonds. The molecule has 1 fully saturated rings. The molecule has 1 aliphatic rings. The zero-order valence-corrected chi connectivity index (χ0v) is 10.5. The third-order valence-electron chi connectivity index (χ3n) is 3.43. The van der Waals surface area contributed by atoms with Gasteiger partial charge in [-0.15, -0.1) is 0 Å². The van der Waals surface area contributed by atoms with E-state index in [0.29, 0.717) is 18.2 Å². The maximum Gasteiger partial charge on any atom is 0.138 e. The fourth-order valence-corrected chi connectivity index (χ4v) is 2.45. The second-order valence-corrected chi connectivity index (χ2v) is 4.65. The summed E-state index contributed by atoms with van der Waals surface area (Å²) in [6, 6.07) is 14.7. The Hall–Kier alpha value is -2.36. The maximum absolute atomic E-state index is 9.87. The van der Waals surface area contributed by atoms with Gasteiger partial charge in [0.1, 0.15) is 11.5 Å². The van der Waals surface area contributed by atoms with Crippen molar-refractivity contribution in [2.24, 2.45) is 0 Å². The standard InChI is InChI=1S/C15H16N2O2/c18-14-7-3-1-5-12(14)16-9-10-17(11-16)13-6-2-4-8-15(13)19/h1-8,18-19H,9-11H2. The van der Waals surface area contributed by atoms with E-state index in [1.807, 2.05) is 36.4 Å². The van der Waals surface area contributed by atoms with E-state index in [9.17, 15) is 10.2 Å². The van der Waals surface area contributed by atoms with Crippen LogP contribution in [0.4, 0.5) is 11.4 Å². The highest BCUT2D eigenvalue weighted by atomic mass is 16.3. The molecule has 2 aromatic rings. The van der Waals surface area contributed by atoms with Crippen LogP contribution in [-0.2, 0) is 0 Å². The Labute approximate surface area is 112 Å². The van der Waals surface area contributed by atoms with E-state index in [2.05, 4.69) is 9.80 Å². The lowest BCUT2D eigenvalue weighted by molar-refractivity contribution is 0.474. The fourth-order valence-electron chi connectivity index (χ4n) is 2.45. The van der Waals surface area contributed by atoms with Crippen LogP contribution in [0, 0.1) is 0 Å². The van der Waals surface area contributed by atoms with Crippen molar-refractivity contribution in [3.05, 3.63) is 48.5 Å². The molecule has 98 valence electrons. The molecular formula is C15H16N2O2. The van der Waals surface area contributed by atoms with Crippen molar-refractivity contribution in [3.8, 4) is 11.5 Å². The number of phenols is 2. The summed E-state index contributed by atoms with van der Waals surface area (Å²) in [5.74, 6) is 0.586. The average Bonchev–Trinajstić information content (AvgIpc) is 2.89. The quantitative estimate of drug-likeness (QED) is 0.866. The predicted octanol–water partition coefficient (Wildman–Crippen LogP) is 2.38. The lowest BCUT2D eigenvalue weighted by Gasteiger charge is -2.22. The molecule has 0 atom stereocenters. The topological polar surface area (TPSA) is 46.9 Å².